The van der Waals surface area contributed by atoms with Crippen LogP contribution in [0.1, 0.15) is 17.0 Å². The van der Waals surface area contributed by atoms with E-state index in [-0.39, 0.29) is 6.03 Å². The van der Waals surface area contributed by atoms with E-state index in [1.807, 2.05) is 54.8 Å². The molecular formula is C22H25N3O2S. The van der Waals surface area contributed by atoms with Crippen LogP contribution < -0.4 is 15.4 Å². The van der Waals surface area contributed by atoms with Gasteiger partial charge in [0.2, 0.25) is 0 Å². The zero-order valence-electron chi connectivity index (χ0n) is 16.6. The van der Waals surface area contributed by atoms with Gasteiger partial charge in [-0.3, -0.25) is 0 Å². The molecule has 0 atom stereocenters. The fraction of sp³-hybridized carbons (Fsp3) is 0.227. The summed E-state index contributed by atoms with van der Waals surface area (Å²) in [7, 11) is 1.66. The second-order valence-corrected chi connectivity index (χ2v) is 7.35. The Bertz CT molecular complexity index is 964. The highest BCUT2D eigenvalue weighted by Gasteiger charge is 2.12. The molecule has 0 radical (unpaired) electrons. The number of carbonyl (C=O) groups is 1. The number of methoxy groups -OCH3 is 1. The van der Waals surface area contributed by atoms with Crippen molar-refractivity contribution in [2.75, 3.05) is 18.7 Å². The lowest BCUT2D eigenvalue weighted by molar-refractivity contribution is 0.251. The molecule has 0 bridgehead atoms. The molecule has 0 saturated carbocycles. The van der Waals surface area contributed by atoms with E-state index in [2.05, 4.69) is 35.1 Å². The van der Waals surface area contributed by atoms with Gasteiger partial charge in [0, 0.05) is 34.2 Å². The number of aryl methyl sites for hydroxylation is 1. The highest BCUT2D eigenvalue weighted by molar-refractivity contribution is 7.98. The molecule has 2 amide bonds. The van der Waals surface area contributed by atoms with Gasteiger partial charge in [0.1, 0.15) is 5.75 Å². The van der Waals surface area contributed by atoms with Gasteiger partial charge in [-0.05, 0) is 74.2 Å². The quantitative estimate of drug-likeness (QED) is 0.568. The highest BCUT2D eigenvalue weighted by atomic mass is 32.2. The summed E-state index contributed by atoms with van der Waals surface area (Å²) in [6.45, 7) is 4.59. The topological polar surface area (TPSA) is 55.3 Å². The van der Waals surface area contributed by atoms with Gasteiger partial charge in [0.05, 0.1) is 7.11 Å². The van der Waals surface area contributed by atoms with Crippen LogP contribution in [0, 0.1) is 13.8 Å². The van der Waals surface area contributed by atoms with Crippen LogP contribution in [0.5, 0.6) is 5.75 Å². The second-order valence-electron chi connectivity index (χ2n) is 6.47. The summed E-state index contributed by atoms with van der Waals surface area (Å²) < 4.78 is 7.41. The van der Waals surface area contributed by atoms with Crippen molar-refractivity contribution in [3.63, 3.8) is 0 Å². The van der Waals surface area contributed by atoms with Gasteiger partial charge in [0.25, 0.3) is 0 Å². The van der Waals surface area contributed by atoms with Crippen molar-refractivity contribution in [1.82, 2.24) is 9.88 Å². The lowest BCUT2D eigenvalue weighted by atomic mass is 10.2. The number of hydrogen-bond acceptors (Lipinski definition) is 3. The van der Waals surface area contributed by atoms with E-state index in [1.165, 1.54) is 0 Å². The normalized spacial score (nSPS) is 10.6. The smallest absolute Gasteiger partial charge is 0.319 e. The summed E-state index contributed by atoms with van der Waals surface area (Å²) in [6.07, 6.45) is 2.01. The fourth-order valence-corrected chi connectivity index (χ4v) is 3.65. The van der Waals surface area contributed by atoms with Crippen molar-refractivity contribution < 1.29 is 9.53 Å². The third-order valence-electron chi connectivity index (χ3n) is 4.63. The highest BCUT2D eigenvalue weighted by Crippen LogP contribution is 2.23. The zero-order valence-corrected chi connectivity index (χ0v) is 17.4. The molecule has 0 saturated heterocycles. The molecule has 0 fully saturated rings. The van der Waals surface area contributed by atoms with Crippen molar-refractivity contribution >= 4 is 23.5 Å². The molecule has 1 heterocycles. The van der Waals surface area contributed by atoms with Crippen LogP contribution in [-0.2, 0) is 6.54 Å². The molecule has 0 aliphatic carbocycles. The van der Waals surface area contributed by atoms with Crippen molar-refractivity contribution in [3.8, 4) is 11.4 Å². The lowest BCUT2D eigenvalue weighted by Crippen LogP contribution is -2.28. The van der Waals surface area contributed by atoms with E-state index < -0.39 is 0 Å². The summed E-state index contributed by atoms with van der Waals surface area (Å²) in [5.74, 6) is 0.829. The van der Waals surface area contributed by atoms with Crippen LogP contribution in [0.15, 0.2) is 59.5 Å². The fourth-order valence-electron chi connectivity index (χ4n) is 3.19. The first-order valence-corrected chi connectivity index (χ1v) is 10.3. The maximum atomic E-state index is 12.3. The molecule has 2 aromatic carbocycles. The second kappa shape index (κ2) is 8.89. The van der Waals surface area contributed by atoms with E-state index in [9.17, 15) is 4.79 Å². The van der Waals surface area contributed by atoms with Crippen molar-refractivity contribution in [3.05, 3.63) is 71.5 Å². The molecule has 5 nitrogen and oxygen atoms in total. The van der Waals surface area contributed by atoms with Gasteiger partial charge in [-0.1, -0.05) is 6.07 Å². The number of ether oxygens (including phenoxy) is 1. The summed E-state index contributed by atoms with van der Waals surface area (Å²) >= 11 is 1.64. The predicted molar refractivity (Wildman–Crippen MR) is 116 cm³/mol. The zero-order chi connectivity index (χ0) is 20.1. The summed E-state index contributed by atoms with van der Waals surface area (Å²) in [5, 5.41) is 5.83. The summed E-state index contributed by atoms with van der Waals surface area (Å²) in [5.41, 5.74) is 5.16. The number of amides is 2. The predicted octanol–water partition coefficient (Wildman–Crippen LogP) is 5.15. The Morgan fingerprint density at radius 3 is 2.54 bits per heavy atom. The van der Waals surface area contributed by atoms with Crippen molar-refractivity contribution in [2.45, 2.75) is 25.3 Å². The van der Waals surface area contributed by atoms with Gasteiger partial charge >= 0.3 is 6.03 Å². The number of rotatable bonds is 6. The van der Waals surface area contributed by atoms with Gasteiger partial charge in [-0.2, -0.15) is 0 Å². The SMILES string of the molecule is COc1ccc(-n2c(C)cc(CNC(=O)Nc3cccc(SC)c3)c2C)cc1. The van der Waals surface area contributed by atoms with Gasteiger partial charge < -0.3 is 19.9 Å². The molecule has 0 aliphatic heterocycles. The van der Waals surface area contributed by atoms with Crippen LogP contribution >= 0.6 is 11.8 Å². The van der Waals surface area contributed by atoms with E-state index in [4.69, 9.17) is 4.74 Å². The van der Waals surface area contributed by atoms with E-state index in [0.29, 0.717) is 6.54 Å². The summed E-state index contributed by atoms with van der Waals surface area (Å²) in [4.78, 5) is 13.4. The Kier molecular flexibility index (Phi) is 6.31. The van der Waals surface area contributed by atoms with Gasteiger partial charge in [0.15, 0.2) is 0 Å². The molecule has 6 heteroatoms. The van der Waals surface area contributed by atoms with Crippen LogP contribution in [0.3, 0.4) is 0 Å². The van der Waals surface area contributed by atoms with E-state index in [1.54, 1.807) is 18.9 Å². The Balaban J connectivity index is 1.68. The third kappa shape index (κ3) is 4.51. The van der Waals surface area contributed by atoms with Crippen molar-refractivity contribution in [2.24, 2.45) is 0 Å². The van der Waals surface area contributed by atoms with Gasteiger partial charge in [-0.15, -0.1) is 11.8 Å². The Labute approximate surface area is 170 Å². The number of anilines is 1. The third-order valence-corrected chi connectivity index (χ3v) is 5.36. The van der Waals surface area contributed by atoms with Crippen LogP contribution in [0.25, 0.3) is 5.69 Å². The Morgan fingerprint density at radius 2 is 1.86 bits per heavy atom. The number of thioether (sulfide) groups is 1. The first-order valence-electron chi connectivity index (χ1n) is 9.03. The standard InChI is InChI=1S/C22H25N3O2S/c1-15-12-17(16(2)25(15)19-8-10-20(27-3)11-9-19)14-23-22(26)24-18-6-5-7-21(13-18)28-4/h5-13H,14H2,1-4H3,(H2,23,24,26). The number of hydrogen-bond donors (Lipinski definition) is 2. The Hall–Kier alpha value is -2.86. The minimum Gasteiger partial charge on any atom is -0.497 e. The maximum absolute atomic E-state index is 12.3. The molecule has 3 aromatic rings. The molecule has 0 aliphatic rings. The number of aromatic nitrogens is 1. The first-order chi connectivity index (χ1) is 13.5. The van der Waals surface area contributed by atoms with Crippen LogP contribution in [0.4, 0.5) is 10.5 Å². The molecular weight excluding hydrogens is 370 g/mol. The lowest BCUT2D eigenvalue weighted by Gasteiger charge is -2.11. The monoisotopic (exact) mass is 395 g/mol. The number of urea groups is 1. The molecule has 28 heavy (non-hydrogen) atoms. The number of carbonyl (C=O) groups excluding carboxylic acids is 1. The van der Waals surface area contributed by atoms with Crippen LogP contribution in [0.2, 0.25) is 0 Å². The number of nitrogens with one attached hydrogen (secondary N) is 2. The summed E-state index contributed by atoms with van der Waals surface area (Å²) in [6, 6.07) is 17.6. The largest absolute Gasteiger partial charge is 0.497 e. The Morgan fingerprint density at radius 1 is 1.11 bits per heavy atom. The van der Waals surface area contributed by atoms with Crippen molar-refractivity contribution in [1.29, 1.82) is 0 Å². The maximum Gasteiger partial charge on any atom is 0.319 e. The average molecular weight is 396 g/mol. The minimum atomic E-state index is -0.215. The van der Waals surface area contributed by atoms with E-state index in [0.717, 1.165) is 39.0 Å². The minimum absolute atomic E-state index is 0.215. The molecule has 0 spiro atoms. The average Bonchev–Trinajstić information content (AvgIpc) is 3.00. The first kappa shape index (κ1) is 19.9. The van der Waals surface area contributed by atoms with E-state index >= 15 is 0 Å². The molecule has 3 rings (SSSR count). The number of benzene rings is 2. The molecule has 0 unspecified atom stereocenters. The molecule has 1 aromatic heterocycles. The number of nitrogens with zero attached hydrogens (tertiary/aromatic N) is 1. The molecule has 146 valence electrons. The van der Waals surface area contributed by atoms with Crippen LogP contribution in [-0.4, -0.2) is 24.0 Å². The molecule has 2 N–H and O–H groups in total. The van der Waals surface area contributed by atoms with Gasteiger partial charge in [-0.25, -0.2) is 4.79 Å².